The van der Waals surface area contributed by atoms with E-state index in [9.17, 15) is 0 Å². The second-order valence-electron chi connectivity index (χ2n) is 3.70. The zero-order valence-corrected chi connectivity index (χ0v) is 9.86. The SMILES string of the molecule is CCc1cc(NCC(N)CO)ccc1OC. The number of hydrogen-bond acceptors (Lipinski definition) is 4. The van der Waals surface area contributed by atoms with Gasteiger partial charge in [0.25, 0.3) is 0 Å². The van der Waals surface area contributed by atoms with Gasteiger partial charge in [0.15, 0.2) is 0 Å². The summed E-state index contributed by atoms with van der Waals surface area (Å²) in [6, 6.07) is 5.70. The lowest BCUT2D eigenvalue weighted by atomic mass is 10.1. The number of benzene rings is 1. The number of nitrogens with one attached hydrogen (secondary N) is 1. The van der Waals surface area contributed by atoms with Crippen LogP contribution in [0.4, 0.5) is 5.69 Å². The predicted molar refractivity (Wildman–Crippen MR) is 65.9 cm³/mol. The molecule has 0 saturated heterocycles. The average molecular weight is 224 g/mol. The van der Waals surface area contributed by atoms with Crippen molar-refractivity contribution in [3.8, 4) is 5.75 Å². The van der Waals surface area contributed by atoms with Crippen LogP contribution in [0, 0.1) is 0 Å². The second kappa shape index (κ2) is 6.35. The fourth-order valence-corrected chi connectivity index (χ4v) is 1.48. The second-order valence-corrected chi connectivity index (χ2v) is 3.70. The molecule has 0 heterocycles. The van der Waals surface area contributed by atoms with Gasteiger partial charge in [-0.3, -0.25) is 0 Å². The maximum atomic E-state index is 8.81. The summed E-state index contributed by atoms with van der Waals surface area (Å²) >= 11 is 0. The number of nitrogens with two attached hydrogens (primary N) is 1. The molecule has 90 valence electrons. The zero-order valence-electron chi connectivity index (χ0n) is 9.86. The Morgan fingerprint density at radius 1 is 1.50 bits per heavy atom. The molecule has 0 aliphatic carbocycles. The number of aryl methyl sites for hydroxylation is 1. The lowest BCUT2D eigenvalue weighted by Crippen LogP contribution is -2.32. The van der Waals surface area contributed by atoms with E-state index in [2.05, 4.69) is 12.2 Å². The third-order valence-electron chi connectivity index (χ3n) is 2.46. The van der Waals surface area contributed by atoms with Gasteiger partial charge in [0.2, 0.25) is 0 Å². The quantitative estimate of drug-likeness (QED) is 0.674. The van der Waals surface area contributed by atoms with E-state index < -0.39 is 0 Å². The number of ether oxygens (including phenoxy) is 1. The molecular weight excluding hydrogens is 204 g/mol. The summed E-state index contributed by atoms with van der Waals surface area (Å²) in [7, 11) is 1.67. The van der Waals surface area contributed by atoms with Gasteiger partial charge in [-0.2, -0.15) is 0 Å². The van der Waals surface area contributed by atoms with Crippen molar-refractivity contribution >= 4 is 5.69 Å². The van der Waals surface area contributed by atoms with Gasteiger partial charge in [-0.1, -0.05) is 6.92 Å². The van der Waals surface area contributed by atoms with E-state index >= 15 is 0 Å². The van der Waals surface area contributed by atoms with Crippen LogP contribution in [0.15, 0.2) is 18.2 Å². The minimum absolute atomic E-state index is 0.0101. The van der Waals surface area contributed by atoms with Crippen molar-refractivity contribution in [1.82, 2.24) is 0 Å². The van der Waals surface area contributed by atoms with Gasteiger partial charge in [-0.15, -0.1) is 0 Å². The maximum absolute atomic E-state index is 8.81. The van der Waals surface area contributed by atoms with Crippen molar-refractivity contribution < 1.29 is 9.84 Å². The van der Waals surface area contributed by atoms with Gasteiger partial charge >= 0.3 is 0 Å². The Morgan fingerprint density at radius 3 is 2.81 bits per heavy atom. The molecule has 0 amide bonds. The van der Waals surface area contributed by atoms with Gasteiger partial charge in [0.1, 0.15) is 5.75 Å². The summed E-state index contributed by atoms with van der Waals surface area (Å²) in [4.78, 5) is 0. The van der Waals surface area contributed by atoms with Crippen LogP contribution in [0.25, 0.3) is 0 Å². The van der Waals surface area contributed by atoms with Crippen LogP contribution < -0.4 is 15.8 Å². The van der Waals surface area contributed by atoms with Crippen molar-refractivity contribution in [1.29, 1.82) is 0 Å². The molecule has 0 fully saturated rings. The third kappa shape index (κ3) is 3.40. The molecule has 0 aliphatic heterocycles. The minimum Gasteiger partial charge on any atom is -0.496 e. The van der Waals surface area contributed by atoms with Gasteiger partial charge in [0.05, 0.1) is 13.7 Å². The van der Waals surface area contributed by atoms with Gasteiger partial charge in [-0.25, -0.2) is 0 Å². The highest BCUT2D eigenvalue weighted by Gasteiger charge is 2.04. The zero-order chi connectivity index (χ0) is 12.0. The molecular formula is C12H20N2O2. The van der Waals surface area contributed by atoms with Crippen LogP contribution in [0.5, 0.6) is 5.75 Å². The first-order valence-corrected chi connectivity index (χ1v) is 5.48. The van der Waals surface area contributed by atoms with Crippen molar-refractivity contribution in [2.45, 2.75) is 19.4 Å². The number of aliphatic hydroxyl groups is 1. The first-order valence-electron chi connectivity index (χ1n) is 5.48. The molecule has 0 spiro atoms. The molecule has 4 nitrogen and oxygen atoms in total. The van der Waals surface area contributed by atoms with E-state index in [-0.39, 0.29) is 12.6 Å². The molecule has 16 heavy (non-hydrogen) atoms. The molecule has 0 radical (unpaired) electrons. The molecule has 0 bridgehead atoms. The summed E-state index contributed by atoms with van der Waals surface area (Å²) in [5.74, 6) is 0.902. The first kappa shape index (κ1) is 12.8. The molecule has 4 N–H and O–H groups in total. The third-order valence-corrected chi connectivity index (χ3v) is 2.46. The van der Waals surface area contributed by atoms with Crippen LogP contribution in [0.2, 0.25) is 0 Å². The Kier molecular flexibility index (Phi) is 5.08. The van der Waals surface area contributed by atoms with Crippen molar-refractivity contribution in [3.63, 3.8) is 0 Å². The van der Waals surface area contributed by atoms with Crippen LogP contribution >= 0.6 is 0 Å². The highest BCUT2D eigenvalue weighted by molar-refractivity contribution is 5.51. The van der Waals surface area contributed by atoms with E-state index in [4.69, 9.17) is 15.6 Å². The molecule has 1 rings (SSSR count). The van der Waals surface area contributed by atoms with Crippen molar-refractivity contribution in [2.75, 3.05) is 25.6 Å². The topological polar surface area (TPSA) is 67.5 Å². The first-order chi connectivity index (χ1) is 7.71. The number of methoxy groups -OCH3 is 1. The molecule has 1 unspecified atom stereocenters. The van der Waals surface area contributed by atoms with Crippen LogP contribution in [0.3, 0.4) is 0 Å². The number of aliphatic hydroxyl groups excluding tert-OH is 1. The smallest absolute Gasteiger partial charge is 0.122 e. The lowest BCUT2D eigenvalue weighted by Gasteiger charge is -2.13. The monoisotopic (exact) mass is 224 g/mol. The van der Waals surface area contributed by atoms with E-state index in [1.54, 1.807) is 7.11 Å². The van der Waals surface area contributed by atoms with Crippen LogP contribution in [-0.2, 0) is 6.42 Å². The van der Waals surface area contributed by atoms with Gasteiger partial charge in [0, 0.05) is 18.3 Å². The molecule has 4 heteroatoms. The fraction of sp³-hybridized carbons (Fsp3) is 0.500. The molecule has 1 aromatic rings. The van der Waals surface area contributed by atoms with Crippen LogP contribution in [0.1, 0.15) is 12.5 Å². The Balaban J connectivity index is 2.67. The Morgan fingerprint density at radius 2 is 2.25 bits per heavy atom. The molecule has 0 aromatic heterocycles. The van der Waals surface area contributed by atoms with Gasteiger partial charge in [-0.05, 0) is 30.2 Å². The largest absolute Gasteiger partial charge is 0.496 e. The molecule has 1 aromatic carbocycles. The van der Waals surface area contributed by atoms with Crippen molar-refractivity contribution in [2.24, 2.45) is 5.73 Å². The number of rotatable bonds is 6. The summed E-state index contributed by atoms with van der Waals surface area (Å²) < 4.78 is 5.25. The minimum atomic E-state index is -0.229. The van der Waals surface area contributed by atoms with E-state index in [1.165, 1.54) is 0 Å². The van der Waals surface area contributed by atoms with Crippen molar-refractivity contribution in [3.05, 3.63) is 23.8 Å². The Labute approximate surface area is 96.4 Å². The summed E-state index contributed by atoms with van der Waals surface area (Å²) in [5, 5.41) is 12.0. The average Bonchev–Trinajstić information content (AvgIpc) is 2.35. The Hall–Kier alpha value is -1.26. The molecule has 0 aliphatic rings. The standard InChI is InChI=1S/C12H20N2O2/c1-3-9-6-11(4-5-12(9)16-2)14-7-10(13)8-15/h4-6,10,14-15H,3,7-8,13H2,1-2H3. The number of hydrogen-bond donors (Lipinski definition) is 3. The highest BCUT2D eigenvalue weighted by atomic mass is 16.5. The van der Waals surface area contributed by atoms with E-state index in [0.29, 0.717) is 6.54 Å². The summed E-state index contributed by atoms with van der Waals surface area (Å²) in [6.07, 6.45) is 0.921. The lowest BCUT2D eigenvalue weighted by molar-refractivity contribution is 0.270. The van der Waals surface area contributed by atoms with Gasteiger partial charge < -0.3 is 20.9 Å². The predicted octanol–water partition coefficient (Wildman–Crippen LogP) is 0.989. The van der Waals surface area contributed by atoms with E-state index in [1.807, 2.05) is 18.2 Å². The Bertz CT molecular complexity index is 329. The fourth-order valence-electron chi connectivity index (χ4n) is 1.48. The highest BCUT2D eigenvalue weighted by Crippen LogP contribution is 2.22. The molecule has 1 atom stereocenters. The summed E-state index contributed by atoms with van der Waals surface area (Å²) in [6.45, 7) is 2.64. The van der Waals surface area contributed by atoms with E-state index in [0.717, 1.165) is 23.4 Å². The van der Waals surface area contributed by atoms with Crippen LogP contribution in [-0.4, -0.2) is 31.4 Å². The maximum Gasteiger partial charge on any atom is 0.122 e. The molecule has 0 saturated carbocycles. The normalized spacial score (nSPS) is 12.2. The number of anilines is 1. The summed E-state index contributed by atoms with van der Waals surface area (Å²) in [5.41, 5.74) is 7.77.